The van der Waals surface area contributed by atoms with Crippen LogP contribution in [0, 0.1) is 50.2 Å². The van der Waals surface area contributed by atoms with E-state index in [2.05, 4.69) is 54.5 Å². The minimum atomic E-state index is -1.98. The molecule has 0 aromatic heterocycles. The van der Waals surface area contributed by atoms with Crippen LogP contribution in [-0.4, -0.2) is 195 Å². The Bertz CT molecular complexity index is 2220. The first-order valence-corrected chi connectivity index (χ1v) is 27.4. The van der Waals surface area contributed by atoms with Crippen molar-refractivity contribution >= 4 is 23.9 Å². The quantitative estimate of drug-likeness (QED) is 0.0594. The number of fused-ring (bicyclic) bond motifs is 7. The van der Waals surface area contributed by atoms with Crippen molar-refractivity contribution in [3.05, 3.63) is 11.6 Å². The van der Waals surface area contributed by atoms with E-state index in [1.165, 1.54) is 33.3 Å². The molecule has 22 nitrogen and oxygen atoms in total. The Morgan fingerprint density at radius 1 is 0.636 bits per heavy atom. The Balaban J connectivity index is 1.15. The van der Waals surface area contributed by atoms with Crippen LogP contribution < -0.4 is 0 Å². The van der Waals surface area contributed by atoms with E-state index in [9.17, 15) is 60.0 Å². The molecular formula is C55H86O22. The van der Waals surface area contributed by atoms with Crippen LogP contribution in [0.1, 0.15) is 128 Å². The third-order valence-electron chi connectivity index (χ3n) is 20.4. The van der Waals surface area contributed by atoms with Gasteiger partial charge in [-0.2, -0.15) is 0 Å². The standard InChI is InChI=1S/C55H86O22/c1-24-36(60)38(62)40(64)47(70-24)75-43-42(66)44(46(67)68-12)76-49(45(43)77-48-41(65)39(63)37(61)30(22-56)73-48)74-33-16-17-52(9)31(51(33,7)8)15-18-53(10)32(52)14-13-28-29-19-50(5,6)20-34(71-26(3)58)55(29,23-69-25(2)57)35(72-27(4)59)21-54(28,53)11/h13,24,29-45,47-49,56,60-66H,14-23H2,1-12H3/t24-,29-,30+,31-,32+,33-,34-,35-,36-,37+,38+,39-,40+,41+,42-,43-,44-,45+,47-,48-,49+,52-,53+,54+,55+/m0/s1. The summed E-state index contributed by atoms with van der Waals surface area (Å²) in [5.74, 6) is -2.74. The van der Waals surface area contributed by atoms with Crippen LogP contribution in [0.15, 0.2) is 11.6 Å². The predicted octanol–water partition coefficient (Wildman–Crippen LogP) is 1.48. The second-order valence-corrected chi connectivity index (χ2v) is 25.7. The molecule has 438 valence electrons. The monoisotopic (exact) mass is 1100 g/mol. The average molecular weight is 1100 g/mol. The van der Waals surface area contributed by atoms with Crippen LogP contribution >= 0.6 is 0 Å². The number of hydrogen-bond acceptors (Lipinski definition) is 22. The largest absolute Gasteiger partial charge is 0.467 e. The summed E-state index contributed by atoms with van der Waals surface area (Å²) in [6.45, 7) is 20.1. The lowest BCUT2D eigenvalue weighted by atomic mass is 9.33. The summed E-state index contributed by atoms with van der Waals surface area (Å²) < 4.78 is 61.0. The molecule has 3 saturated heterocycles. The van der Waals surface area contributed by atoms with Gasteiger partial charge < -0.3 is 88.2 Å². The first-order chi connectivity index (χ1) is 35.8. The van der Waals surface area contributed by atoms with Crippen LogP contribution in [0.4, 0.5) is 0 Å². The number of ether oxygens (including phenoxy) is 10. The molecule has 8 rings (SSSR count). The smallest absolute Gasteiger partial charge is 0.337 e. The van der Waals surface area contributed by atoms with Crippen molar-refractivity contribution in [3.8, 4) is 0 Å². The third-order valence-corrected chi connectivity index (χ3v) is 20.4. The topological polar surface area (TPSA) is 322 Å². The van der Waals surface area contributed by atoms with Crippen molar-refractivity contribution in [1.29, 1.82) is 0 Å². The number of rotatable bonds is 12. The SMILES string of the molecule is COC(=O)[C@H]1O[C@@H](O[C@H]2CC[C@]3(C)[C@H]4CC=C5[C@@H]6CC(C)(C)C[C@H](OC(C)=O)[C@]6(COC(C)=O)[C@@H](OC(C)=O)C[C@@]5(C)[C@]4(C)CC[C@H]3C2(C)C)[C@H](O[C@@H]2O[C@H](CO)[C@@H](O)[C@H](O)[C@H]2O)[C@@H](O[C@@H]2O[C@@H](C)[C@H](O)[C@@H](O)[C@H]2O)[C@@H]1O. The van der Waals surface area contributed by atoms with Gasteiger partial charge >= 0.3 is 23.9 Å². The van der Waals surface area contributed by atoms with Gasteiger partial charge in [0.25, 0.3) is 0 Å². The number of methoxy groups -OCH3 is 1. The van der Waals surface area contributed by atoms with E-state index < -0.39 is 157 Å². The molecule has 0 spiro atoms. The van der Waals surface area contributed by atoms with Crippen LogP contribution in [0.25, 0.3) is 0 Å². The lowest BCUT2D eigenvalue weighted by molar-refractivity contribution is -0.395. The van der Waals surface area contributed by atoms with Crippen LogP contribution in [-0.2, 0) is 66.5 Å². The summed E-state index contributed by atoms with van der Waals surface area (Å²) in [5.41, 5.74) is -2.14. The lowest BCUT2D eigenvalue weighted by Crippen LogP contribution is -2.70. The normalized spacial score (nSPS) is 49.0. The van der Waals surface area contributed by atoms with Gasteiger partial charge in [0.15, 0.2) is 25.0 Å². The van der Waals surface area contributed by atoms with Gasteiger partial charge in [0.1, 0.15) is 79.9 Å². The van der Waals surface area contributed by atoms with Gasteiger partial charge in [0.2, 0.25) is 0 Å². The summed E-state index contributed by atoms with van der Waals surface area (Å²) in [7, 11) is 1.08. The fraction of sp³-hybridized carbons (Fsp3) is 0.891. The zero-order chi connectivity index (χ0) is 56.9. The van der Waals surface area contributed by atoms with Gasteiger partial charge in [0.05, 0.1) is 31.3 Å². The van der Waals surface area contributed by atoms with Crippen LogP contribution in [0.2, 0.25) is 0 Å². The van der Waals surface area contributed by atoms with Crippen LogP contribution in [0.5, 0.6) is 0 Å². The van der Waals surface area contributed by atoms with E-state index in [0.29, 0.717) is 38.5 Å². The van der Waals surface area contributed by atoms with E-state index in [4.69, 9.17) is 47.4 Å². The van der Waals surface area contributed by atoms with Crippen molar-refractivity contribution in [3.63, 3.8) is 0 Å². The maximum Gasteiger partial charge on any atom is 0.337 e. The highest BCUT2D eigenvalue weighted by Crippen LogP contribution is 2.76. The van der Waals surface area contributed by atoms with Crippen LogP contribution in [0.3, 0.4) is 0 Å². The van der Waals surface area contributed by atoms with E-state index in [1.807, 2.05) is 0 Å². The predicted molar refractivity (Wildman–Crippen MR) is 265 cm³/mol. The molecule has 0 aromatic carbocycles. The Kier molecular flexibility index (Phi) is 17.0. The number of carbonyl (C=O) groups excluding carboxylic acids is 4. The zero-order valence-electron chi connectivity index (χ0n) is 46.6. The molecule has 25 atom stereocenters. The highest BCUT2D eigenvalue weighted by atomic mass is 16.8. The van der Waals surface area contributed by atoms with E-state index in [-0.39, 0.29) is 40.6 Å². The summed E-state index contributed by atoms with van der Waals surface area (Å²) in [4.78, 5) is 52.3. The van der Waals surface area contributed by atoms with Gasteiger partial charge in [-0.1, -0.05) is 60.1 Å². The molecule has 0 aromatic rings. The zero-order valence-corrected chi connectivity index (χ0v) is 46.6. The molecule has 0 bridgehead atoms. The number of esters is 4. The molecule has 0 unspecified atom stereocenters. The average Bonchev–Trinajstić information content (AvgIpc) is 3.47. The minimum Gasteiger partial charge on any atom is -0.467 e. The van der Waals surface area contributed by atoms with Crippen molar-refractivity contribution in [2.45, 2.75) is 238 Å². The molecular weight excluding hydrogens is 1010 g/mol. The van der Waals surface area contributed by atoms with Crippen molar-refractivity contribution in [2.75, 3.05) is 20.3 Å². The highest BCUT2D eigenvalue weighted by Gasteiger charge is 2.73. The molecule has 0 radical (unpaired) electrons. The molecule has 3 heterocycles. The Morgan fingerprint density at radius 2 is 1.23 bits per heavy atom. The summed E-state index contributed by atoms with van der Waals surface area (Å²) in [6.07, 6.45) is -20.9. The first-order valence-electron chi connectivity index (χ1n) is 27.4. The maximum absolute atomic E-state index is 13.5. The molecule has 7 fully saturated rings. The maximum atomic E-state index is 13.5. The molecule has 8 aliphatic rings. The Labute approximate surface area is 450 Å². The molecule has 8 N–H and O–H groups in total. The van der Waals surface area contributed by atoms with Gasteiger partial charge in [-0.25, -0.2) is 4.79 Å². The molecule has 22 heteroatoms. The molecule has 0 amide bonds. The number of carbonyl (C=O) groups is 4. The molecule has 5 aliphatic carbocycles. The summed E-state index contributed by atoms with van der Waals surface area (Å²) in [5, 5.41) is 87.1. The lowest BCUT2D eigenvalue weighted by Gasteiger charge is -2.72. The fourth-order valence-electron chi connectivity index (χ4n) is 16.3. The number of aliphatic hydroxyl groups excluding tert-OH is 8. The molecule has 4 saturated carbocycles. The summed E-state index contributed by atoms with van der Waals surface area (Å²) in [6, 6.07) is 0. The summed E-state index contributed by atoms with van der Waals surface area (Å²) >= 11 is 0. The number of allylic oxidation sites excluding steroid dienone is 2. The van der Waals surface area contributed by atoms with E-state index in [0.717, 1.165) is 20.0 Å². The van der Waals surface area contributed by atoms with Gasteiger partial charge in [-0.15, -0.1) is 0 Å². The van der Waals surface area contributed by atoms with E-state index >= 15 is 0 Å². The van der Waals surface area contributed by atoms with Gasteiger partial charge in [0, 0.05) is 20.8 Å². The van der Waals surface area contributed by atoms with Gasteiger partial charge in [-0.05, 0) is 103 Å². The first kappa shape index (κ1) is 60.2. The van der Waals surface area contributed by atoms with Gasteiger partial charge in [-0.3, -0.25) is 14.4 Å². The minimum absolute atomic E-state index is 0.0223. The Hall–Kier alpha value is -2.94. The highest BCUT2D eigenvalue weighted by molar-refractivity contribution is 5.75. The van der Waals surface area contributed by atoms with Crippen molar-refractivity contribution in [2.24, 2.45) is 50.2 Å². The van der Waals surface area contributed by atoms with E-state index in [1.54, 1.807) is 0 Å². The number of hydrogen-bond donors (Lipinski definition) is 8. The second kappa shape index (κ2) is 21.8. The molecule has 3 aliphatic heterocycles. The van der Waals surface area contributed by atoms with Crippen molar-refractivity contribution in [1.82, 2.24) is 0 Å². The Morgan fingerprint density at radius 3 is 1.83 bits per heavy atom. The fourth-order valence-corrected chi connectivity index (χ4v) is 16.3. The third kappa shape index (κ3) is 10.2. The molecule has 77 heavy (non-hydrogen) atoms. The van der Waals surface area contributed by atoms with Crippen molar-refractivity contribution < 1.29 is 107 Å². The second-order valence-electron chi connectivity index (χ2n) is 25.7. The number of aliphatic hydroxyl groups is 8.